The van der Waals surface area contributed by atoms with Crippen LogP contribution >= 0.6 is 12.2 Å². The van der Waals surface area contributed by atoms with Crippen LogP contribution in [0.25, 0.3) is 0 Å². The van der Waals surface area contributed by atoms with E-state index in [1.54, 1.807) is 0 Å². The van der Waals surface area contributed by atoms with Gasteiger partial charge in [0.2, 0.25) is 0 Å². The van der Waals surface area contributed by atoms with Gasteiger partial charge >= 0.3 is 0 Å². The third-order valence-corrected chi connectivity index (χ3v) is 6.07. The summed E-state index contributed by atoms with van der Waals surface area (Å²) in [7, 11) is 0. The molecule has 0 aromatic carbocycles. The largest absolute Gasteiger partial charge is 0.347 e. The van der Waals surface area contributed by atoms with Gasteiger partial charge in [0.05, 0.1) is 0 Å². The number of nitrogens with one attached hydrogen (secondary N) is 1. The normalized spacial score (nSPS) is 38.4. The standard InChI is InChI=1S/C17H24N2S/c1-2-3-14-7-15(20)19-16(18-14)17-8-11-4-12(9-17)6-13(5-11)10-17/h7,11-13H,2-6,8-10H2,1H3,(H,18,19,20). The van der Waals surface area contributed by atoms with Gasteiger partial charge in [-0.25, -0.2) is 4.98 Å². The molecule has 4 fully saturated rings. The topological polar surface area (TPSA) is 28.7 Å². The van der Waals surface area contributed by atoms with Gasteiger partial charge in [-0.15, -0.1) is 0 Å². The fraction of sp³-hybridized carbons (Fsp3) is 0.765. The van der Waals surface area contributed by atoms with E-state index in [1.165, 1.54) is 50.0 Å². The molecule has 0 saturated heterocycles. The zero-order chi connectivity index (χ0) is 13.7. The molecule has 1 N–H and O–H groups in total. The van der Waals surface area contributed by atoms with Crippen molar-refractivity contribution in [2.24, 2.45) is 17.8 Å². The van der Waals surface area contributed by atoms with E-state index in [9.17, 15) is 0 Å². The van der Waals surface area contributed by atoms with E-state index in [0.717, 1.165) is 35.2 Å². The van der Waals surface area contributed by atoms with Gasteiger partial charge in [-0.05, 0) is 68.8 Å². The van der Waals surface area contributed by atoms with E-state index >= 15 is 0 Å². The monoisotopic (exact) mass is 288 g/mol. The highest BCUT2D eigenvalue weighted by atomic mass is 32.1. The maximum atomic E-state index is 5.43. The Bertz CT molecular complexity index is 539. The van der Waals surface area contributed by atoms with Crippen LogP contribution in [0.5, 0.6) is 0 Å². The molecular weight excluding hydrogens is 264 g/mol. The minimum atomic E-state index is 0.339. The fourth-order valence-corrected chi connectivity index (χ4v) is 5.80. The number of hydrogen-bond acceptors (Lipinski definition) is 2. The highest BCUT2D eigenvalue weighted by Gasteiger charge is 2.52. The molecule has 108 valence electrons. The molecule has 4 aliphatic rings. The second-order valence-electron chi connectivity index (χ2n) is 7.54. The van der Waals surface area contributed by atoms with Crippen molar-refractivity contribution in [3.05, 3.63) is 22.2 Å². The molecule has 1 heterocycles. The number of aromatic nitrogens is 2. The number of aryl methyl sites for hydroxylation is 1. The number of H-pyrrole nitrogens is 1. The van der Waals surface area contributed by atoms with Crippen molar-refractivity contribution < 1.29 is 0 Å². The van der Waals surface area contributed by atoms with E-state index in [4.69, 9.17) is 17.2 Å². The van der Waals surface area contributed by atoms with Crippen LogP contribution in [0.1, 0.15) is 63.4 Å². The molecule has 3 heteroatoms. The Morgan fingerprint density at radius 2 is 1.80 bits per heavy atom. The van der Waals surface area contributed by atoms with E-state index in [1.807, 2.05) is 0 Å². The Kier molecular flexibility index (Phi) is 3.03. The molecule has 4 aliphatic carbocycles. The van der Waals surface area contributed by atoms with Gasteiger partial charge < -0.3 is 4.98 Å². The van der Waals surface area contributed by atoms with E-state index in [-0.39, 0.29) is 0 Å². The van der Waals surface area contributed by atoms with Crippen molar-refractivity contribution >= 4 is 12.2 Å². The lowest BCUT2D eigenvalue weighted by Crippen LogP contribution is -2.49. The molecule has 0 spiro atoms. The SMILES string of the molecule is CCCc1cc(=S)nc(C23CC4CC(CC(C4)C2)C3)[nH]1. The van der Waals surface area contributed by atoms with Gasteiger partial charge in [-0.2, -0.15) is 0 Å². The summed E-state index contributed by atoms with van der Waals surface area (Å²) >= 11 is 5.43. The van der Waals surface area contributed by atoms with Crippen molar-refractivity contribution in [1.29, 1.82) is 0 Å². The molecule has 20 heavy (non-hydrogen) atoms. The molecule has 0 radical (unpaired) electrons. The van der Waals surface area contributed by atoms with E-state index in [2.05, 4.69) is 18.0 Å². The Morgan fingerprint density at radius 3 is 2.35 bits per heavy atom. The van der Waals surface area contributed by atoms with Crippen LogP contribution in [-0.4, -0.2) is 9.97 Å². The van der Waals surface area contributed by atoms with Gasteiger partial charge in [-0.3, -0.25) is 0 Å². The van der Waals surface area contributed by atoms with Crippen LogP contribution in [0.15, 0.2) is 6.07 Å². The summed E-state index contributed by atoms with van der Waals surface area (Å²) in [4.78, 5) is 8.43. The average Bonchev–Trinajstić information content (AvgIpc) is 2.36. The third kappa shape index (κ3) is 2.05. The average molecular weight is 288 g/mol. The van der Waals surface area contributed by atoms with Crippen molar-refractivity contribution in [1.82, 2.24) is 9.97 Å². The van der Waals surface area contributed by atoms with Crippen LogP contribution in [0.2, 0.25) is 0 Å². The van der Waals surface area contributed by atoms with Gasteiger partial charge in [0, 0.05) is 11.1 Å². The third-order valence-electron chi connectivity index (χ3n) is 5.86. The fourth-order valence-electron chi connectivity index (χ4n) is 5.56. The molecule has 0 aliphatic heterocycles. The van der Waals surface area contributed by atoms with E-state index in [0.29, 0.717) is 5.41 Å². The summed E-state index contributed by atoms with van der Waals surface area (Å²) in [6, 6.07) is 2.06. The predicted octanol–water partition coefficient (Wildman–Crippen LogP) is 4.56. The molecule has 1 aromatic heterocycles. The maximum absolute atomic E-state index is 5.43. The molecule has 0 unspecified atom stereocenters. The first-order valence-corrected chi connectivity index (χ1v) is 8.68. The van der Waals surface area contributed by atoms with Crippen LogP contribution in [0, 0.1) is 22.4 Å². The molecule has 4 saturated carbocycles. The highest BCUT2D eigenvalue weighted by molar-refractivity contribution is 7.71. The Labute approximate surface area is 126 Å². The minimum Gasteiger partial charge on any atom is -0.347 e. The lowest BCUT2D eigenvalue weighted by molar-refractivity contribution is -0.00954. The smallest absolute Gasteiger partial charge is 0.130 e. The summed E-state index contributed by atoms with van der Waals surface area (Å²) in [5.41, 5.74) is 1.63. The van der Waals surface area contributed by atoms with Crippen molar-refractivity contribution in [2.75, 3.05) is 0 Å². The second-order valence-corrected chi connectivity index (χ2v) is 7.96. The minimum absolute atomic E-state index is 0.339. The highest BCUT2D eigenvalue weighted by Crippen LogP contribution is 2.60. The molecule has 1 aromatic rings. The van der Waals surface area contributed by atoms with E-state index < -0.39 is 0 Å². The molecular formula is C17H24N2S. The molecule has 5 rings (SSSR count). The van der Waals surface area contributed by atoms with Gasteiger partial charge in [0.25, 0.3) is 0 Å². The molecule has 0 atom stereocenters. The molecule has 4 bridgehead atoms. The molecule has 2 nitrogen and oxygen atoms in total. The number of hydrogen-bond donors (Lipinski definition) is 1. The summed E-state index contributed by atoms with van der Waals surface area (Å²) in [5.74, 6) is 4.10. The summed E-state index contributed by atoms with van der Waals surface area (Å²) < 4.78 is 0.790. The second kappa shape index (κ2) is 4.66. The van der Waals surface area contributed by atoms with Crippen LogP contribution < -0.4 is 0 Å². The lowest BCUT2D eigenvalue weighted by Gasteiger charge is -2.56. The Hall–Kier alpha value is -0.700. The molecule has 0 amide bonds. The van der Waals surface area contributed by atoms with Crippen molar-refractivity contribution in [2.45, 2.75) is 63.7 Å². The van der Waals surface area contributed by atoms with Gasteiger partial charge in [0.1, 0.15) is 10.5 Å². The number of rotatable bonds is 3. The number of aromatic amines is 1. The Morgan fingerprint density at radius 1 is 1.20 bits per heavy atom. The first-order chi connectivity index (χ1) is 9.67. The summed E-state index contributed by atoms with van der Waals surface area (Å²) in [6.07, 6.45) is 10.8. The van der Waals surface area contributed by atoms with Crippen LogP contribution in [0.3, 0.4) is 0 Å². The maximum Gasteiger partial charge on any atom is 0.130 e. The first kappa shape index (κ1) is 13.0. The summed E-state index contributed by atoms with van der Waals surface area (Å²) in [6.45, 7) is 2.22. The predicted molar refractivity (Wildman–Crippen MR) is 83.3 cm³/mol. The Balaban J connectivity index is 1.75. The summed E-state index contributed by atoms with van der Waals surface area (Å²) in [5, 5.41) is 0. The first-order valence-electron chi connectivity index (χ1n) is 8.27. The van der Waals surface area contributed by atoms with Crippen LogP contribution in [0.4, 0.5) is 0 Å². The zero-order valence-corrected chi connectivity index (χ0v) is 13.1. The van der Waals surface area contributed by atoms with Gasteiger partial charge in [-0.1, -0.05) is 25.6 Å². The van der Waals surface area contributed by atoms with Gasteiger partial charge in [0.15, 0.2) is 0 Å². The van der Waals surface area contributed by atoms with Crippen molar-refractivity contribution in [3.63, 3.8) is 0 Å². The number of nitrogens with zero attached hydrogens (tertiary/aromatic N) is 1. The van der Waals surface area contributed by atoms with Crippen molar-refractivity contribution in [3.8, 4) is 0 Å². The van der Waals surface area contributed by atoms with Crippen LogP contribution in [-0.2, 0) is 11.8 Å². The quantitative estimate of drug-likeness (QED) is 0.826. The zero-order valence-electron chi connectivity index (χ0n) is 12.3. The lowest BCUT2D eigenvalue weighted by atomic mass is 9.49.